The first-order valence-electron chi connectivity index (χ1n) is 3.54. The fourth-order valence-corrected chi connectivity index (χ4v) is 1.25. The maximum Gasteiger partial charge on any atom is 0.348 e. The highest BCUT2D eigenvalue weighted by atomic mass is 35.5. The Bertz CT molecular complexity index is 369. The quantitative estimate of drug-likeness (QED) is 0.665. The molecule has 0 amide bonds. The summed E-state index contributed by atoms with van der Waals surface area (Å²) >= 11 is 16.1. The average molecular weight is 257 g/mol. The van der Waals surface area contributed by atoms with Gasteiger partial charge in [-0.05, 0) is 29.3 Å². The lowest BCUT2D eigenvalue weighted by atomic mass is 10.1. The lowest BCUT2D eigenvalue weighted by molar-refractivity contribution is 0.165. The number of halogens is 5. The molecule has 0 saturated heterocycles. The van der Waals surface area contributed by atoms with Crippen LogP contribution in [0.25, 0.3) is 5.57 Å². The van der Waals surface area contributed by atoms with Crippen molar-refractivity contribution in [2.45, 2.75) is 5.38 Å². The van der Waals surface area contributed by atoms with E-state index in [1.165, 1.54) is 18.2 Å². The largest absolute Gasteiger partial charge is 0.348 e. The lowest BCUT2D eigenvalue weighted by Crippen LogP contribution is -2.07. The summed E-state index contributed by atoms with van der Waals surface area (Å²) in [7, 11) is 0. The van der Waals surface area contributed by atoms with Crippen LogP contribution in [0.5, 0.6) is 0 Å². The van der Waals surface area contributed by atoms with Gasteiger partial charge in [0.25, 0.3) is 0 Å². The van der Waals surface area contributed by atoms with Gasteiger partial charge in [0.2, 0.25) is 0 Å². The first-order chi connectivity index (χ1) is 6.32. The van der Waals surface area contributed by atoms with Crippen LogP contribution in [0.3, 0.4) is 0 Å². The molecule has 76 valence electrons. The Kier molecular flexibility index (Phi) is 3.40. The molecule has 1 aromatic carbocycles. The normalized spacial score (nSPS) is 11.5. The Morgan fingerprint density at radius 3 is 2.21 bits per heavy atom. The van der Waals surface area contributed by atoms with E-state index in [0.29, 0.717) is 5.02 Å². The first kappa shape index (κ1) is 11.8. The molecule has 0 bridgehead atoms. The molecule has 1 aromatic rings. The zero-order valence-corrected chi connectivity index (χ0v) is 9.10. The van der Waals surface area contributed by atoms with Gasteiger partial charge in [0.15, 0.2) is 0 Å². The van der Waals surface area contributed by atoms with Gasteiger partial charge in [-0.2, -0.15) is 8.78 Å². The summed E-state index contributed by atoms with van der Waals surface area (Å²) in [5.74, 6) is 0. The third-order valence-corrected chi connectivity index (χ3v) is 2.58. The van der Waals surface area contributed by atoms with E-state index >= 15 is 0 Å². The molecule has 0 fully saturated rings. The molecule has 0 heterocycles. The van der Waals surface area contributed by atoms with E-state index in [1.54, 1.807) is 0 Å². The van der Waals surface area contributed by atoms with Crippen LogP contribution in [0, 0.1) is 0 Å². The molecule has 0 spiro atoms. The van der Waals surface area contributed by atoms with Crippen LogP contribution in [0.2, 0.25) is 10.0 Å². The molecule has 14 heavy (non-hydrogen) atoms. The Morgan fingerprint density at radius 1 is 1.21 bits per heavy atom. The van der Waals surface area contributed by atoms with Crippen molar-refractivity contribution in [1.82, 2.24) is 0 Å². The van der Waals surface area contributed by atoms with Crippen molar-refractivity contribution in [3.63, 3.8) is 0 Å². The highest BCUT2D eigenvalue weighted by molar-refractivity contribution is 6.42. The van der Waals surface area contributed by atoms with Gasteiger partial charge in [-0.25, -0.2) is 0 Å². The maximum absolute atomic E-state index is 12.6. The van der Waals surface area contributed by atoms with Crippen molar-refractivity contribution in [1.29, 1.82) is 0 Å². The van der Waals surface area contributed by atoms with E-state index in [9.17, 15) is 8.78 Å². The maximum atomic E-state index is 12.6. The van der Waals surface area contributed by atoms with Gasteiger partial charge in [-0.15, -0.1) is 0 Å². The zero-order chi connectivity index (χ0) is 10.9. The van der Waals surface area contributed by atoms with Crippen molar-refractivity contribution in [2.75, 3.05) is 0 Å². The second kappa shape index (κ2) is 4.05. The van der Waals surface area contributed by atoms with Crippen LogP contribution < -0.4 is 0 Å². The van der Waals surface area contributed by atoms with Crippen molar-refractivity contribution in [2.24, 2.45) is 0 Å². The molecule has 0 aromatic heterocycles. The fraction of sp³-hybridized carbons (Fsp3) is 0.111. The molecule has 0 N–H and O–H groups in total. The number of hydrogen-bond acceptors (Lipinski definition) is 0. The van der Waals surface area contributed by atoms with E-state index < -0.39 is 11.0 Å². The van der Waals surface area contributed by atoms with E-state index in [2.05, 4.69) is 6.58 Å². The molecule has 0 aliphatic rings. The minimum atomic E-state index is -3.48. The van der Waals surface area contributed by atoms with Gasteiger partial charge in [0.1, 0.15) is 0 Å². The number of benzene rings is 1. The summed E-state index contributed by atoms with van der Waals surface area (Å²) in [5, 5.41) is -3.00. The molecule has 0 saturated carbocycles. The van der Waals surface area contributed by atoms with Gasteiger partial charge in [-0.1, -0.05) is 35.8 Å². The molecule has 0 unspecified atom stereocenters. The van der Waals surface area contributed by atoms with Gasteiger partial charge in [0, 0.05) is 5.57 Å². The predicted octanol–water partition coefficient (Wildman–Crippen LogP) is 4.84. The van der Waals surface area contributed by atoms with Crippen molar-refractivity contribution in [3.05, 3.63) is 40.4 Å². The first-order valence-corrected chi connectivity index (χ1v) is 4.67. The van der Waals surface area contributed by atoms with Gasteiger partial charge >= 0.3 is 5.38 Å². The van der Waals surface area contributed by atoms with E-state index in [1.807, 2.05) is 0 Å². The summed E-state index contributed by atoms with van der Waals surface area (Å²) in [4.78, 5) is 0. The number of hydrogen-bond donors (Lipinski definition) is 0. The molecule has 0 atom stereocenters. The van der Waals surface area contributed by atoms with Crippen LogP contribution in [-0.4, -0.2) is 5.38 Å². The van der Waals surface area contributed by atoms with Crippen LogP contribution in [0.15, 0.2) is 24.8 Å². The van der Waals surface area contributed by atoms with E-state index in [4.69, 9.17) is 34.8 Å². The van der Waals surface area contributed by atoms with Crippen LogP contribution in [-0.2, 0) is 0 Å². The van der Waals surface area contributed by atoms with Gasteiger partial charge in [0.05, 0.1) is 10.0 Å². The predicted molar refractivity (Wildman–Crippen MR) is 56.3 cm³/mol. The standard InChI is InChI=1S/C9H5Cl3F2/c1-5(9(12,13)14)6-2-3-7(10)8(11)4-6/h2-4H,1H2. The van der Waals surface area contributed by atoms with Gasteiger partial charge in [-0.3, -0.25) is 0 Å². The van der Waals surface area contributed by atoms with Crippen molar-refractivity contribution < 1.29 is 8.78 Å². The van der Waals surface area contributed by atoms with Gasteiger partial charge < -0.3 is 0 Å². The molecular weight excluding hydrogens is 252 g/mol. The smallest absolute Gasteiger partial charge is 0.183 e. The summed E-state index contributed by atoms with van der Waals surface area (Å²) in [6.45, 7) is 3.18. The highest BCUT2D eigenvalue weighted by Gasteiger charge is 2.30. The lowest BCUT2D eigenvalue weighted by Gasteiger charge is -2.11. The third-order valence-electron chi connectivity index (χ3n) is 1.61. The number of rotatable bonds is 2. The Labute approximate surface area is 95.1 Å². The SMILES string of the molecule is C=C(c1ccc(Cl)c(Cl)c1)C(F)(F)Cl. The Morgan fingerprint density at radius 2 is 1.79 bits per heavy atom. The monoisotopic (exact) mass is 256 g/mol. The minimum Gasteiger partial charge on any atom is -0.183 e. The van der Waals surface area contributed by atoms with Crippen molar-refractivity contribution >= 4 is 40.4 Å². The second-order valence-corrected chi connectivity index (χ2v) is 3.89. The summed E-state index contributed by atoms with van der Waals surface area (Å²) in [6, 6.07) is 4.09. The highest BCUT2D eigenvalue weighted by Crippen LogP contribution is 2.36. The third kappa shape index (κ3) is 2.59. The molecular formula is C9H5Cl3F2. The molecule has 1 rings (SSSR count). The van der Waals surface area contributed by atoms with Crippen LogP contribution >= 0.6 is 34.8 Å². The molecule has 0 aliphatic heterocycles. The molecule has 0 aliphatic carbocycles. The minimum absolute atomic E-state index is 0.166. The van der Waals surface area contributed by atoms with E-state index in [0.717, 1.165) is 0 Å². The topological polar surface area (TPSA) is 0 Å². The Hall–Kier alpha value is -0.310. The molecule has 0 radical (unpaired) electrons. The van der Waals surface area contributed by atoms with E-state index in [-0.39, 0.29) is 10.6 Å². The zero-order valence-electron chi connectivity index (χ0n) is 6.83. The Balaban J connectivity index is 3.10. The average Bonchev–Trinajstić information content (AvgIpc) is 2.07. The fourth-order valence-electron chi connectivity index (χ4n) is 0.848. The molecule has 0 nitrogen and oxygen atoms in total. The summed E-state index contributed by atoms with van der Waals surface area (Å²) in [5.41, 5.74) is -0.336. The van der Waals surface area contributed by atoms with Crippen LogP contribution in [0.4, 0.5) is 8.78 Å². The number of allylic oxidation sites excluding steroid dienone is 1. The summed E-state index contributed by atoms with van der Waals surface area (Å²) < 4.78 is 25.2. The van der Waals surface area contributed by atoms with Crippen LogP contribution in [0.1, 0.15) is 5.56 Å². The second-order valence-electron chi connectivity index (χ2n) is 2.61. The molecule has 5 heteroatoms. The number of alkyl halides is 3. The van der Waals surface area contributed by atoms with Crippen molar-refractivity contribution in [3.8, 4) is 0 Å². The summed E-state index contributed by atoms with van der Waals surface area (Å²) in [6.07, 6.45) is 0.